The van der Waals surface area contributed by atoms with Crippen molar-refractivity contribution in [1.82, 2.24) is 9.99 Å². The maximum Gasteiger partial charge on any atom is 0.271 e. The summed E-state index contributed by atoms with van der Waals surface area (Å²) >= 11 is 1.86. The van der Waals surface area contributed by atoms with E-state index >= 15 is 0 Å². The minimum absolute atomic E-state index is 0.215. The molecular weight excluding hydrogens is 438 g/mol. The SMILES string of the molecule is Cc1ccccc1-n1c(C)cc(/C=N/NC(=O)c2ccc(CSCc3ccccc3)cc2)c1C. The molecule has 4 nitrogen and oxygen atoms in total. The third-order valence-electron chi connectivity index (χ3n) is 5.79. The number of amides is 1. The lowest BCUT2D eigenvalue weighted by atomic mass is 10.1. The second-order valence-electron chi connectivity index (χ2n) is 8.32. The summed E-state index contributed by atoms with van der Waals surface area (Å²) < 4.78 is 2.22. The van der Waals surface area contributed by atoms with Gasteiger partial charge < -0.3 is 4.57 Å². The summed E-state index contributed by atoms with van der Waals surface area (Å²) in [7, 11) is 0. The van der Waals surface area contributed by atoms with Crippen LogP contribution in [0.15, 0.2) is 90.0 Å². The van der Waals surface area contributed by atoms with Crippen LogP contribution in [0.2, 0.25) is 0 Å². The Hall–Kier alpha value is -3.57. The molecule has 0 spiro atoms. The number of rotatable bonds is 8. The molecule has 5 heteroatoms. The van der Waals surface area contributed by atoms with Gasteiger partial charge in [-0.05, 0) is 61.7 Å². The van der Waals surface area contributed by atoms with Crippen molar-refractivity contribution < 1.29 is 4.79 Å². The Morgan fingerprint density at radius 3 is 2.24 bits per heavy atom. The Bertz CT molecular complexity index is 1290. The molecule has 0 fully saturated rings. The maximum absolute atomic E-state index is 12.5. The van der Waals surface area contributed by atoms with Crippen LogP contribution in [-0.4, -0.2) is 16.7 Å². The van der Waals surface area contributed by atoms with Crippen molar-refractivity contribution in [3.05, 3.63) is 124 Å². The third-order valence-corrected chi connectivity index (χ3v) is 6.87. The molecule has 0 atom stereocenters. The zero-order chi connectivity index (χ0) is 23.9. The lowest BCUT2D eigenvalue weighted by Gasteiger charge is -2.12. The van der Waals surface area contributed by atoms with E-state index in [1.807, 2.05) is 54.2 Å². The van der Waals surface area contributed by atoms with Gasteiger partial charge in [-0.25, -0.2) is 5.43 Å². The number of aromatic nitrogens is 1. The molecule has 0 radical (unpaired) electrons. The molecule has 0 aliphatic carbocycles. The number of para-hydroxylation sites is 1. The van der Waals surface area contributed by atoms with E-state index in [0.717, 1.165) is 34.1 Å². The molecular formula is C29H29N3OS. The molecule has 34 heavy (non-hydrogen) atoms. The van der Waals surface area contributed by atoms with Gasteiger partial charge in [0.2, 0.25) is 0 Å². The van der Waals surface area contributed by atoms with Crippen molar-refractivity contribution in [1.29, 1.82) is 0 Å². The van der Waals surface area contributed by atoms with Gasteiger partial charge in [0.25, 0.3) is 5.91 Å². The number of hydrogen-bond donors (Lipinski definition) is 1. The molecule has 1 amide bonds. The molecule has 1 aromatic heterocycles. The normalized spacial score (nSPS) is 11.1. The second kappa shape index (κ2) is 11.0. The summed E-state index contributed by atoms with van der Waals surface area (Å²) in [6, 6.07) is 28.6. The number of hydrazone groups is 1. The molecule has 0 bridgehead atoms. The fraction of sp³-hybridized carbons (Fsp3) is 0.172. The number of carbonyl (C=O) groups is 1. The lowest BCUT2D eigenvalue weighted by Crippen LogP contribution is -2.17. The number of aryl methyl sites for hydroxylation is 2. The van der Waals surface area contributed by atoms with Gasteiger partial charge in [0, 0.05) is 39.7 Å². The van der Waals surface area contributed by atoms with Crippen molar-refractivity contribution in [2.45, 2.75) is 32.3 Å². The fourth-order valence-electron chi connectivity index (χ4n) is 3.94. The first-order chi connectivity index (χ1) is 16.5. The first-order valence-corrected chi connectivity index (χ1v) is 12.5. The lowest BCUT2D eigenvalue weighted by molar-refractivity contribution is 0.0955. The largest absolute Gasteiger partial charge is 0.318 e. The molecule has 3 aromatic carbocycles. The summed E-state index contributed by atoms with van der Waals surface area (Å²) in [5.41, 5.74) is 11.3. The van der Waals surface area contributed by atoms with E-state index in [4.69, 9.17) is 0 Å². The molecule has 4 rings (SSSR count). The van der Waals surface area contributed by atoms with E-state index in [1.165, 1.54) is 16.7 Å². The number of thioether (sulfide) groups is 1. The van der Waals surface area contributed by atoms with Gasteiger partial charge in [-0.15, -0.1) is 0 Å². The monoisotopic (exact) mass is 467 g/mol. The average molecular weight is 468 g/mol. The van der Waals surface area contributed by atoms with Crippen molar-refractivity contribution in [3.63, 3.8) is 0 Å². The Morgan fingerprint density at radius 1 is 0.882 bits per heavy atom. The molecule has 0 saturated heterocycles. The van der Waals surface area contributed by atoms with Crippen LogP contribution in [0.3, 0.4) is 0 Å². The molecule has 0 saturated carbocycles. The molecule has 1 heterocycles. The van der Waals surface area contributed by atoms with Gasteiger partial charge in [0.05, 0.1) is 6.21 Å². The minimum atomic E-state index is -0.215. The van der Waals surface area contributed by atoms with E-state index in [1.54, 1.807) is 6.21 Å². The van der Waals surface area contributed by atoms with E-state index in [2.05, 4.69) is 78.3 Å². The third kappa shape index (κ3) is 5.67. The van der Waals surface area contributed by atoms with Gasteiger partial charge in [-0.2, -0.15) is 16.9 Å². The van der Waals surface area contributed by atoms with Gasteiger partial charge in [0.15, 0.2) is 0 Å². The summed E-state index contributed by atoms with van der Waals surface area (Å²) in [5, 5.41) is 4.21. The van der Waals surface area contributed by atoms with E-state index < -0.39 is 0 Å². The summed E-state index contributed by atoms with van der Waals surface area (Å²) in [4.78, 5) is 12.5. The summed E-state index contributed by atoms with van der Waals surface area (Å²) in [6.07, 6.45) is 1.71. The highest BCUT2D eigenvalue weighted by molar-refractivity contribution is 7.97. The van der Waals surface area contributed by atoms with Crippen molar-refractivity contribution in [3.8, 4) is 5.69 Å². The maximum atomic E-state index is 12.5. The van der Waals surface area contributed by atoms with Gasteiger partial charge in [-0.1, -0.05) is 60.7 Å². The molecule has 0 aliphatic heterocycles. The Morgan fingerprint density at radius 2 is 1.53 bits per heavy atom. The fourth-order valence-corrected chi connectivity index (χ4v) is 4.90. The standard InChI is InChI=1S/C29H29N3OS/c1-21-9-7-8-12-28(21)32-22(2)17-27(23(32)3)18-30-31-29(33)26-15-13-25(14-16-26)20-34-19-24-10-5-4-6-11-24/h4-18H,19-20H2,1-3H3,(H,31,33)/b30-18+. The van der Waals surface area contributed by atoms with Crippen LogP contribution in [0.5, 0.6) is 0 Å². The van der Waals surface area contributed by atoms with Crippen LogP contribution < -0.4 is 5.43 Å². The van der Waals surface area contributed by atoms with Gasteiger partial charge in [0.1, 0.15) is 0 Å². The van der Waals surface area contributed by atoms with Gasteiger partial charge in [-0.3, -0.25) is 4.79 Å². The first-order valence-electron chi connectivity index (χ1n) is 11.3. The van der Waals surface area contributed by atoms with E-state index in [-0.39, 0.29) is 5.91 Å². The second-order valence-corrected chi connectivity index (χ2v) is 9.31. The first kappa shape index (κ1) is 23.6. The zero-order valence-corrected chi connectivity index (χ0v) is 20.6. The van der Waals surface area contributed by atoms with Crippen LogP contribution in [0, 0.1) is 20.8 Å². The average Bonchev–Trinajstić information content (AvgIpc) is 3.13. The number of nitrogens with one attached hydrogen (secondary N) is 1. The van der Waals surface area contributed by atoms with E-state index in [9.17, 15) is 4.79 Å². The quantitative estimate of drug-likeness (QED) is 0.234. The summed E-state index contributed by atoms with van der Waals surface area (Å²) in [6.45, 7) is 6.25. The van der Waals surface area contributed by atoms with Crippen molar-refractivity contribution >= 4 is 23.9 Å². The van der Waals surface area contributed by atoms with Gasteiger partial charge >= 0.3 is 0 Å². The van der Waals surface area contributed by atoms with Crippen molar-refractivity contribution in [2.75, 3.05) is 0 Å². The zero-order valence-electron chi connectivity index (χ0n) is 19.8. The molecule has 0 aliphatic rings. The smallest absolute Gasteiger partial charge is 0.271 e. The Labute approximate surface area is 205 Å². The minimum Gasteiger partial charge on any atom is -0.318 e. The molecule has 172 valence electrons. The number of hydrogen-bond acceptors (Lipinski definition) is 3. The van der Waals surface area contributed by atoms with Crippen LogP contribution in [0.1, 0.15) is 44.0 Å². The van der Waals surface area contributed by atoms with Crippen LogP contribution in [-0.2, 0) is 11.5 Å². The van der Waals surface area contributed by atoms with Crippen LogP contribution >= 0.6 is 11.8 Å². The highest BCUT2D eigenvalue weighted by Gasteiger charge is 2.11. The molecule has 4 aromatic rings. The highest BCUT2D eigenvalue weighted by Crippen LogP contribution is 2.22. The summed E-state index contributed by atoms with van der Waals surface area (Å²) in [5.74, 6) is 1.67. The highest BCUT2D eigenvalue weighted by atomic mass is 32.2. The van der Waals surface area contributed by atoms with Crippen molar-refractivity contribution in [2.24, 2.45) is 5.10 Å². The predicted molar refractivity (Wildman–Crippen MR) is 143 cm³/mol. The van der Waals surface area contributed by atoms with Crippen LogP contribution in [0.4, 0.5) is 0 Å². The number of carbonyl (C=O) groups excluding carboxylic acids is 1. The Kier molecular flexibility index (Phi) is 7.65. The van der Waals surface area contributed by atoms with Crippen LogP contribution in [0.25, 0.3) is 5.69 Å². The predicted octanol–water partition coefficient (Wildman–Crippen LogP) is 6.60. The number of benzene rings is 3. The molecule has 0 unspecified atom stereocenters. The number of nitrogens with zero attached hydrogens (tertiary/aromatic N) is 2. The Balaban J connectivity index is 1.34. The topological polar surface area (TPSA) is 46.4 Å². The van der Waals surface area contributed by atoms with E-state index in [0.29, 0.717) is 5.56 Å². The molecule has 1 N–H and O–H groups in total.